The molecule has 12 heavy (non-hydrogen) atoms. The number of rotatable bonds is 1. The van der Waals surface area contributed by atoms with Gasteiger partial charge in [-0.2, -0.15) is 0 Å². The molecule has 0 aromatic rings. The Morgan fingerprint density at radius 1 is 1.33 bits per heavy atom. The van der Waals surface area contributed by atoms with Gasteiger partial charge in [0, 0.05) is 5.41 Å². The Kier molecular flexibility index (Phi) is 1.78. The molecule has 0 aromatic heterocycles. The Bertz CT molecular complexity index is 242. The highest BCUT2D eigenvalue weighted by molar-refractivity contribution is 6.06. The zero-order chi connectivity index (χ0) is 9.57. The zero-order valence-corrected chi connectivity index (χ0v) is 7.68. The van der Waals surface area contributed by atoms with E-state index in [0.717, 1.165) is 0 Å². The molecule has 0 aliphatic heterocycles. The van der Waals surface area contributed by atoms with Crippen molar-refractivity contribution in [3.8, 4) is 0 Å². The molecule has 1 saturated carbocycles. The van der Waals surface area contributed by atoms with E-state index in [2.05, 4.69) is 0 Å². The molecule has 0 spiro atoms. The van der Waals surface area contributed by atoms with Crippen LogP contribution in [0.25, 0.3) is 0 Å². The van der Waals surface area contributed by atoms with E-state index in [9.17, 15) is 9.59 Å². The smallest absolute Gasteiger partial charge is 0.316 e. The molecule has 3 nitrogen and oxygen atoms in total. The lowest BCUT2D eigenvalue weighted by molar-refractivity contribution is -0.153. The van der Waals surface area contributed by atoms with Crippen LogP contribution in [0.3, 0.4) is 0 Å². The summed E-state index contributed by atoms with van der Waals surface area (Å²) < 4.78 is 0. The van der Waals surface area contributed by atoms with Gasteiger partial charge >= 0.3 is 5.97 Å². The molecular weight excluding hydrogens is 156 g/mol. The van der Waals surface area contributed by atoms with Crippen molar-refractivity contribution in [1.29, 1.82) is 0 Å². The molecule has 1 aliphatic carbocycles. The molecule has 1 N–H and O–H groups in total. The first-order valence-electron chi connectivity index (χ1n) is 4.09. The molecule has 1 aliphatic rings. The first kappa shape index (κ1) is 9.23. The van der Waals surface area contributed by atoms with E-state index >= 15 is 0 Å². The number of ketones is 1. The van der Waals surface area contributed by atoms with Crippen molar-refractivity contribution in [3.05, 3.63) is 0 Å². The molecule has 1 atom stereocenters. The van der Waals surface area contributed by atoms with Crippen LogP contribution in [0.5, 0.6) is 0 Å². The summed E-state index contributed by atoms with van der Waals surface area (Å²) in [6, 6.07) is 0. The summed E-state index contributed by atoms with van der Waals surface area (Å²) in [5.41, 5.74) is -1.59. The molecule has 1 fully saturated rings. The molecule has 1 unspecified atom stereocenters. The van der Waals surface area contributed by atoms with Crippen molar-refractivity contribution >= 4 is 11.8 Å². The predicted molar refractivity (Wildman–Crippen MR) is 43.8 cm³/mol. The lowest BCUT2D eigenvalue weighted by atomic mass is 9.81. The fourth-order valence-corrected chi connectivity index (χ4v) is 1.74. The van der Waals surface area contributed by atoms with Gasteiger partial charge < -0.3 is 5.11 Å². The van der Waals surface area contributed by atoms with Gasteiger partial charge in [0.05, 0.1) is 0 Å². The standard InChI is InChI=1S/C9H14O3/c1-8(2)4-5-9(3,6(8)10)7(11)12/h4-5H2,1-3H3,(H,11,12). The van der Waals surface area contributed by atoms with E-state index in [0.29, 0.717) is 12.8 Å². The maximum Gasteiger partial charge on any atom is 0.316 e. The van der Waals surface area contributed by atoms with Crippen molar-refractivity contribution in [2.75, 3.05) is 0 Å². The Morgan fingerprint density at radius 3 is 2.00 bits per heavy atom. The van der Waals surface area contributed by atoms with Gasteiger partial charge in [-0.25, -0.2) is 0 Å². The normalized spacial score (nSPS) is 33.8. The summed E-state index contributed by atoms with van der Waals surface area (Å²) >= 11 is 0. The summed E-state index contributed by atoms with van der Waals surface area (Å²) in [6.07, 6.45) is 1.14. The second-order valence-electron chi connectivity index (χ2n) is 4.35. The van der Waals surface area contributed by atoms with Gasteiger partial charge in [0.1, 0.15) is 5.41 Å². The molecule has 68 valence electrons. The lowest BCUT2D eigenvalue weighted by Gasteiger charge is -2.20. The van der Waals surface area contributed by atoms with Gasteiger partial charge in [-0.05, 0) is 19.8 Å². The van der Waals surface area contributed by atoms with Gasteiger partial charge in [-0.15, -0.1) is 0 Å². The SMILES string of the molecule is CC1(C)CCC(C)(C(=O)O)C1=O. The van der Waals surface area contributed by atoms with Crippen molar-refractivity contribution in [1.82, 2.24) is 0 Å². The van der Waals surface area contributed by atoms with Gasteiger partial charge in [-0.3, -0.25) is 9.59 Å². The highest BCUT2D eigenvalue weighted by Crippen LogP contribution is 2.45. The maximum absolute atomic E-state index is 11.6. The number of carbonyl (C=O) groups is 2. The predicted octanol–water partition coefficient (Wildman–Crippen LogP) is 1.47. The monoisotopic (exact) mass is 170 g/mol. The third-order valence-corrected chi connectivity index (χ3v) is 2.84. The number of hydrogen-bond donors (Lipinski definition) is 1. The van der Waals surface area contributed by atoms with E-state index in [1.165, 1.54) is 6.92 Å². The number of carboxylic acids is 1. The third kappa shape index (κ3) is 1.04. The van der Waals surface area contributed by atoms with Crippen molar-refractivity contribution < 1.29 is 14.7 Å². The molecule has 1 rings (SSSR count). The van der Waals surface area contributed by atoms with Gasteiger partial charge in [-0.1, -0.05) is 13.8 Å². The third-order valence-electron chi connectivity index (χ3n) is 2.84. The average Bonchev–Trinajstić information content (AvgIpc) is 2.15. The van der Waals surface area contributed by atoms with Crippen molar-refractivity contribution in [2.24, 2.45) is 10.8 Å². The first-order valence-corrected chi connectivity index (χ1v) is 4.09. The van der Waals surface area contributed by atoms with E-state index in [1.54, 1.807) is 0 Å². The molecule has 0 bridgehead atoms. The minimum Gasteiger partial charge on any atom is -0.481 e. The molecule has 0 heterocycles. The molecule has 0 saturated heterocycles. The molecule has 0 amide bonds. The highest BCUT2D eigenvalue weighted by Gasteiger charge is 2.53. The summed E-state index contributed by atoms with van der Waals surface area (Å²) in [6.45, 7) is 5.14. The zero-order valence-electron chi connectivity index (χ0n) is 7.68. The lowest BCUT2D eigenvalue weighted by Crippen LogP contribution is -2.36. The maximum atomic E-state index is 11.6. The minimum atomic E-state index is -1.14. The number of aliphatic carboxylic acids is 1. The van der Waals surface area contributed by atoms with E-state index < -0.39 is 16.8 Å². The van der Waals surface area contributed by atoms with E-state index in [1.807, 2.05) is 13.8 Å². The Balaban J connectivity index is 3.01. The van der Waals surface area contributed by atoms with Gasteiger partial charge in [0.15, 0.2) is 5.78 Å². The van der Waals surface area contributed by atoms with Crippen LogP contribution in [0.15, 0.2) is 0 Å². The number of carboxylic acid groups (broad SMARTS) is 1. The van der Waals surface area contributed by atoms with Crippen molar-refractivity contribution in [3.63, 3.8) is 0 Å². The van der Waals surface area contributed by atoms with Gasteiger partial charge in [0.2, 0.25) is 0 Å². The second-order valence-corrected chi connectivity index (χ2v) is 4.35. The van der Waals surface area contributed by atoms with Crippen LogP contribution >= 0.6 is 0 Å². The summed E-state index contributed by atoms with van der Waals surface area (Å²) in [4.78, 5) is 22.4. The summed E-state index contributed by atoms with van der Waals surface area (Å²) in [5, 5.41) is 8.85. The van der Waals surface area contributed by atoms with Crippen LogP contribution in [-0.4, -0.2) is 16.9 Å². The van der Waals surface area contributed by atoms with E-state index in [4.69, 9.17) is 5.11 Å². The minimum absolute atomic E-state index is 0.137. The Hall–Kier alpha value is -0.860. The van der Waals surface area contributed by atoms with Crippen LogP contribution in [-0.2, 0) is 9.59 Å². The van der Waals surface area contributed by atoms with Crippen LogP contribution in [0.2, 0.25) is 0 Å². The molecular formula is C9H14O3. The van der Waals surface area contributed by atoms with Gasteiger partial charge in [0.25, 0.3) is 0 Å². The number of Topliss-reactive ketones (excluding diaryl/α,β-unsaturated/α-hetero) is 1. The number of hydrogen-bond acceptors (Lipinski definition) is 2. The summed E-state index contributed by atoms with van der Waals surface area (Å²) in [5.74, 6) is -1.12. The topological polar surface area (TPSA) is 54.4 Å². The quantitative estimate of drug-likeness (QED) is 0.606. The molecule has 3 heteroatoms. The van der Waals surface area contributed by atoms with Crippen LogP contribution in [0.1, 0.15) is 33.6 Å². The first-order chi connectivity index (χ1) is 5.31. The largest absolute Gasteiger partial charge is 0.481 e. The Morgan fingerprint density at radius 2 is 1.83 bits per heavy atom. The van der Waals surface area contributed by atoms with Crippen LogP contribution in [0.4, 0.5) is 0 Å². The highest BCUT2D eigenvalue weighted by atomic mass is 16.4. The van der Waals surface area contributed by atoms with E-state index in [-0.39, 0.29) is 5.78 Å². The second kappa shape index (κ2) is 2.31. The van der Waals surface area contributed by atoms with Crippen LogP contribution in [0, 0.1) is 10.8 Å². The number of carbonyl (C=O) groups excluding carboxylic acids is 1. The van der Waals surface area contributed by atoms with Crippen LogP contribution < -0.4 is 0 Å². The average molecular weight is 170 g/mol. The fraction of sp³-hybridized carbons (Fsp3) is 0.778. The fourth-order valence-electron chi connectivity index (χ4n) is 1.74. The van der Waals surface area contributed by atoms with Crippen molar-refractivity contribution in [2.45, 2.75) is 33.6 Å². The molecule has 0 aromatic carbocycles. The summed E-state index contributed by atoms with van der Waals surface area (Å²) in [7, 11) is 0. The Labute approximate surface area is 71.8 Å². The molecule has 0 radical (unpaired) electrons.